The Labute approximate surface area is 109 Å². The van der Waals surface area contributed by atoms with Gasteiger partial charge in [0.05, 0.1) is 17.6 Å². The van der Waals surface area contributed by atoms with Crippen LogP contribution in [0, 0.1) is 0 Å². The second-order valence-electron chi connectivity index (χ2n) is 3.86. The summed E-state index contributed by atoms with van der Waals surface area (Å²) in [6, 6.07) is 10.0. The van der Waals surface area contributed by atoms with E-state index in [1.165, 1.54) is 0 Å². The predicted octanol–water partition coefficient (Wildman–Crippen LogP) is 2.45. The fourth-order valence-electron chi connectivity index (χ4n) is 1.69. The standard InChI is InChI=1S/C13H12N4S/c14-6-11-9-18-13(16-11)10-7-15-17(8-10)12-4-2-1-3-5-12/h1-5,7-9H,6,14H2. The third kappa shape index (κ3) is 2.05. The maximum atomic E-state index is 5.56. The highest BCUT2D eigenvalue weighted by Crippen LogP contribution is 2.23. The van der Waals surface area contributed by atoms with E-state index in [1.54, 1.807) is 11.3 Å². The van der Waals surface area contributed by atoms with Gasteiger partial charge in [-0.15, -0.1) is 11.3 Å². The van der Waals surface area contributed by atoms with Gasteiger partial charge in [0.15, 0.2) is 0 Å². The molecule has 0 aliphatic heterocycles. The molecule has 0 saturated heterocycles. The van der Waals surface area contributed by atoms with Crippen molar-refractivity contribution in [2.45, 2.75) is 6.54 Å². The van der Waals surface area contributed by atoms with Crippen LogP contribution in [-0.2, 0) is 6.54 Å². The molecule has 0 fully saturated rings. The van der Waals surface area contributed by atoms with Crippen LogP contribution in [0.2, 0.25) is 0 Å². The van der Waals surface area contributed by atoms with Crippen LogP contribution in [0.15, 0.2) is 48.1 Å². The summed E-state index contributed by atoms with van der Waals surface area (Å²) in [7, 11) is 0. The van der Waals surface area contributed by atoms with Gasteiger partial charge >= 0.3 is 0 Å². The molecule has 0 radical (unpaired) electrons. The van der Waals surface area contributed by atoms with Crippen LogP contribution in [-0.4, -0.2) is 14.8 Å². The summed E-state index contributed by atoms with van der Waals surface area (Å²) >= 11 is 1.59. The third-order valence-electron chi connectivity index (χ3n) is 2.61. The van der Waals surface area contributed by atoms with Gasteiger partial charge in [-0.3, -0.25) is 0 Å². The van der Waals surface area contributed by atoms with Crippen LogP contribution in [0.1, 0.15) is 5.69 Å². The van der Waals surface area contributed by atoms with Crippen molar-refractivity contribution in [1.29, 1.82) is 0 Å². The highest BCUT2D eigenvalue weighted by molar-refractivity contribution is 7.13. The molecule has 0 atom stereocenters. The third-order valence-corrected chi connectivity index (χ3v) is 3.55. The van der Waals surface area contributed by atoms with Crippen LogP contribution in [0.4, 0.5) is 0 Å². The van der Waals surface area contributed by atoms with Gasteiger partial charge in [-0.25, -0.2) is 9.67 Å². The summed E-state index contributed by atoms with van der Waals surface area (Å²) in [4.78, 5) is 4.45. The van der Waals surface area contributed by atoms with Crippen molar-refractivity contribution in [3.05, 3.63) is 53.8 Å². The van der Waals surface area contributed by atoms with E-state index < -0.39 is 0 Å². The molecule has 90 valence electrons. The van der Waals surface area contributed by atoms with E-state index in [0.717, 1.165) is 22.0 Å². The van der Waals surface area contributed by atoms with Crippen molar-refractivity contribution in [3.8, 4) is 16.3 Å². The molecule has 2 heterocycles. The molecular weight excluding hydrogens is 244 g/mol. The quantitative estimate of drug-likeness (QED) is 0.783. The lowest BCUT2D eigenvalue weighted by Gasteiger charge is -1.98. The summed E-state index contributed by atoms with van der Waals surface area (Å²) in [5, 5.41) is 7.29. The topological polar surface area (TPSA) is 56.7 Å². The van der Waals surface area contributed by atoms with Crippen LogP contribution < -0.4 is 5.73 Å². The summed E-state index contributed by atoms with van der Waals surface area (Å²) in [6.45, 7) is 0.476. The molecule has 2 N–H and O–H groups in total. The monoisotopic (exact) mass is 256 g/mol. The molecule has 18 heavy (non-hydrogen) atoms. The first kappa shape index (κ1) is 11.1. The molecule has 4 nitrogen and oxygen atoms in total. The van der Waals surface area contributed by atoms with Gasteiger partial charge in [-0.2, -0.15) is 5.10 Å². The fourth-order valence-corrected chi connectivity index (χ4v) is 2.50. The Balaban J connectivity index is 1.94. The second-order valence-corrected chi connectivity index (χ2v) is 4.72. The predicted molar refractivity (Wildman–Crippen MR) is 72.6 cm³/mol. The van der Waals surface area contributed by atoms with Crippen molar-refractivity contribution in [2.24, 2.45) is 5.73 Å². The van der Waals surface area contributed by atoms with E-state index >= 15 is 0 Å². The summed E-state index contributed by atoms with van der Waals surface area (Å²) in [6.07, 6.45) is 3.81. The Morgan fingerprint density at radius 2 is 2.06 bits per heavy atom. The summed E-state index contributed by atoms with van der Waals surface area (Å²) in [5.74, 6) is 0. The normalized spacial score (nSPS) is 10.7. The molecule has 1 aromatic carbocycles. The van der Waals surface area contributed by atoms with Crippen molar-refractivity contribution >= 4 is 11.3 Å². The average Bonchev–Trinajstić information content (AvgIpc) is 3.08. The minimum atomic E-state index is 0.476. The van der Waals surface area contributed by atoms with E-state index in [2.05, 4.69) is 10.1 Å². The Bertz CT molecular complexity index is 642. The summed E-state index contributed by atoms with van der Waals surface area (Å²) in [5.41, 5.74) is 8.54. The molecule has 0 aliphatic carbocycles. The highest BCUT2D eigenvalue weighted by atomic mass is 32.1. The number of benzene rings is 1. The molecular formula is C13H12N4S. The smallest absolute Gasteiger partial charge is 0.126 e. The second kappa shape index (κ2) is 4.72. The maximum absolute atomic E-state index is 5.56. The molecule has 0 bridgehead atoms. The molecule has 3 aromatic rings. The lowest BCUT2D eigenvalue weighted by molar-refractivity contribution is 0.881. The lowest BCUT2D eigenvalue weighted by Crippen LogP contribution is -1.95. The van der Waals surface area contributed by atoms with Gasteiger partial charge in [0.2, 0.25) is 0 Å². The van der Waals surface area contributed by atoms with E-state index in [0.29, 0.717) is 6.54 Å². The molecule has 0 aliphatic rings. The number of hydrogen-bond acceptors (Lipinski definition) is 4. The van der Waals surface area contributed by atoms with E-state index in [9.17, 15) is 0 Å². The lowest BCUT2D eigenvalue weighted by atomic mass is 10.3. The first-order valence-electron chi connectivity index (χ1n) is 5.62. The van der Waals surface area contributed by atoms with Crippen molar-refractivity contribution in [2.75, 3.05) is 0 Å². The van der Waals surface area contributed by atoms with Crippen LogP contribution in [0.3, 0.4) is 0 Å². The SMILES string of the molecule is NCc1csc(-c2cnn(-c3ccccc3)c2)n1. The van der Waals surface area contributed by atoms with Gasteiger partial charge in [-0.05, 0) is 12.1 Å². The largest absolute Gasteiger partial charge is 0.325 e. The van der Waals surface area contributed by atoms with E-state index in [4.69, 9.17) is 5.73 Å². The first-order valence-corrected chi connectivity index (χ1v) is 6.50. The van der Waals surface area contributed by atoms with Gasteiger partial charge in [0.1, 0.15) is 5.01 Å². The zero-order valence-electron chi connectivity index (χ0n) is 9.65. The van der Waals surface area contributed by atoms with E-state index in [-0.39, 0.29) is 0 Å². The number of nitrogens with zero attached hydrogens (tertiary/aromatic N) is 3. The van der Waals surface area contributed by atoms with Crippen molar-refractivity contribution in [3.63, 3.8) is 0 Å². The Morgan fingerprint density at radius 1 is 1.22 bits per heavy atom. The van der Waals surface area contributed by atoms with Crippen LogP contribution >= 0.6 is 11.3 Å². The molecule has 3 rings (SSSR count). The summed E-state index contributed by atoms with van der Waals surface area (Å²) < 4.78 is 1.85. The number of para-hydroxylation sites is 1. The molecule has 0 unspecified atom stereocenters. The number of aromatic nitrogens is 3. The average molecular weight is 256 g/mol. The minimum Gasteiger partial charge on any atom is -0.325 e. The van der Waals surface area contributed by atoms with Gasteiger partial charge in [0, 0.05) is 23.7 Å². The minimum absolute atomic E-state index is 0.476. The van der Waals surface area contributed by atoms with Crippen molar-refractivity contribution in [1.82, 2.24) is 14.8 Å². The molecule has 0 saturated carbocycles. The number of nitrogens with two attached hydrogens (primary N) is 1. The van der Waals surface area contributed by atoms with Crippen molar-refractivity contribution < 1.29 is 0 Å². The zero-order chi connectivity index (χ0) is 12.4. The molecule has 0 spiro atoms. The van der Waals surface area contributed by atoms with Crippen LogP contribution in [0.25, 0.3) is 16.3 Å². The van der Waals surface area contributed by atoms with Gasteiger partial charge < -0.3 is 5.73 Å². The number of rotatable bonds is 3. The first-order chi connectivity index (χ1) is 8.86. The fraction of sp³-hybridized carbons (Fsp3) is 0.0769. The Morgan fingerprint density at radius 3 is 2.78 bits per heavy atom. The van der Waals surface area contributed by atoms with Gasteiger partial charge in [-0.1, -0.05) is 18.2 Å². The van der Waals surface area contributed by atoms with Crippen LogP contribution in [0.5, 0.6) is 0 Å². The maximum Gasteiger partial charge on any atom is 0.126 e. The molecule has 0 amide bonds. The zero-order valence-corrected chi connectivity index (χ0v) is 10.5. The van der Waals surface area contributed by atoms with E-state index in [1.807, 2.05) is 52.8 Å². The number of thiazole rings is 1. The molecule has 2 aromatic heterocycles. The number of hydrogen-bond donors (Lipinski definition) is 1. The molecule has 5 heteroatoms. The Kier molecular flexibility index (Phi) is 2.92. The van der Waals surface area contributed by atoms with Gasteiger partial charge in [0.25, 0.3) is 0 Å². The Hall–Kier alpha value is -1.98. The highest BCUT2D eigenvalue weighted by Gasteiger charge is 2.07.